The van der Waals surface area contributed by atoms with Gasteiger partial charge in [0.15, 0.2) is 0 Å². The highest BCUT2D eigenvalue weighted by molar-refractivity contribution is 5.69. The Kier molecular flexibility index (Phi) is 2.65. The number of nitrogens with zero attached hydrogens (tertiary/aromatic N) is 1. The molecule has 92 valence electrons. The van der Waals surface area contributed by atoms with Crippen LogP contribution in [0.15, 0.2) is 0 Å². The van der Waals surface area contributed by atoms with Crippen LogP contribution in [0.1, 0.15) is 40.0 Å². The molecule has 2 rings (SSSR count). The van der Waals surface area contributed by atoms with E-state index in [9.17, 15) is 4.79 Å². The Morgan fingerprint density at radius 1 is 1.38 bits per heavy atom. The second kappa shape index (κ2) is 3.62. The minimum absolute atomic E-state index is 0.0124. The molecule has 1 saturated heterocycles. The summed E-state index contributed by atoms with van der Waals surface area (Å²) >= 11 is 0. The topological polar surface area (TPSA) is 55.6 Å². The first-order valence-corrected chi connectivity index (χ1v) is 6.07. The van der Waals surface area contributed by atoms with Gasteiger partial charge in [-0.25, -0.2) is 4.79 Å². The zero-order valence-corrected chi connectivity index (χ0v) is 10.5. The Balaban J connectivity index is 1.78. The van der Waals surface area contributed by atoms with Gasteiger partial charge in [0.2, 0.25) is 0 Å². The van der Waals surface area contributed by atoms with E-state index in [4.69, 9.17) is 10.5 Å². The van der Waals surface area contributed by atoms with Crippen molar-refractivity contribution in [1.29, 1.82) is 0 Å². The molecule has 0 aromatic rings. The van der Waals surface area contributed by atoms with Crippen LogP contribution in [0.4, 0.5) is 4.79 Å². The van der Waals surface area contributed by atoms with E-state index in [-0.39, 0.29) is 11.6 Å². The molecule has 2 fully saturated rings. The number of amides is 1. The number of carbonyl (C=O) groups is 1. The predicted octanol–water partition coefficient (Wildman–Crippen LogP) is 1.73. The van der Waals surface area contributed by atoms with Crippen molar-refractivity contribution in [1.82, 2.24) is 4.90 Å². The van der Waals surface area contributed by atoms with Gasteiger partial charge in [-0.2, -0.15) is 0 Å². The quantitative estimate of drug-likeness (QED) is 0.741. The van der Waals surface area contributed by atoms with Crippen LogP contribution in [-0.4, -0.2) is 35.2 Å². The smallest absolute Gasteiger partial charge is 0.410 e. The van der Waals surface area contributed by atoms with Crippen molar-refractivity contribution < 1.29 is 9.53 Å². The number of nitrogens with two attached hydrogens (primary N) is 1. The summed E-state index contributed by atoms with van der Waals surface area (Å²) in [6.45, 7) is 7.20. The van der Waals surface area contributed by atoms with E-state index in [0.717, 1.165) is 25.9 Å². The normalized spacial score (nSPS) is 24.6. The van der Waals surface area contributed by atoms with E-state index in [1.165, 1.54) is 6.42 Å². The molecule has 0 aromatic carbocycles. The SMILES string of the molecule is CC(C)(C)OC(=O)N1CC(C2(N)CCC2)C1. The van der Waals surface area contributed by atoms with Crippen LogP contribution in [-0.2, 0) is 4.74 Å². The Labute approximate surface area is 97.1 Å². The molecule has 0 bridgehead atoms. The Hall–Kier alpha value is -0.770. The lowest BCUT2D eigenvalue weighted by Crippen LogP contribution is -2.66. The lowest BCUT2D eigenvalue weighted by atomic mass is 9.66. The average molecular weight is 226 g/mol. The summed E-state index contributed by atoms with van der Waals surface area (Å²) in [5.41, 5.74) is 5.83. The first-order valence-electron chi connectivity index (χ1n) is 6.07. The maximum absolute atomic E-state index is 11.7. The molecule has 1 heterocycles. The van der Waals surface area contributed by atoms with Crippen LogP contribution < -0.4 is 5.73 Å². The zero-order valence-electron chi connectivity index (χ0n) is 10.5. The van der Waals surface area contributed by atoms with Gasteiger partial charge in [0.25, 0.3) is 0 Å². The molecule has 0 radical (unpaired) electrons. The summed E-state index contributed by atoms with van der Waals surface area (Å²) in [7, 11) is 0. The van der Waals surface area contributed by atoms with Crippen LogP contribution in [0, 0.1) is 5.92 Å². The molecule has 2 N–H and O–H groups in total. The maximum atomic E-state index is 11.7. The van der Waals surface area contributed by atoms with Gasteiger partial charge in [-0.1, -0.05) is 0 Å². The number of likely N-dealkylation sites (tertiary alicyclic amines) is 1. The molecule has 1 saturated carbocycles. The van der Waals surface area contributed by atoms with Gasteiger partial charge in [-0.3, -0.25) is 0 Å². The van der Waals surface area contributed by atoms with E-state index < -0.39 is 5.60 Å². The van der Waals surface area contributed by atoms with Gasteiger partial charge in [0, 0.05) is 24.5 Å². The van der Waals surface area contributed by atoms with E-state index in [1.807, 2.05) is 20.8 Å². The van der Waals surface area contributed by atoms with Gasteiger partial charge in [-0.05, 0) is 40.0 Å². The predicted molar refractivity (Wildman–Crippen MR) is 62.1 cm³/mol. The summed E-state index contributed by atoms with van der Waals surface area (Å²) in [5, 5.41) is 0. The minimum Gasteiger partial charge on any atom is -0.444 e. The highest BCUT2D eigenvalue weighted by Crippen LogP contribution is 2.40. The summed E-state index contributed by atoms with van der Waals surface area (Å²) in [4.78, 5) is 13.4. The van der Waals surface area contributed by atoms with Gasteiger partial charge in [0.1, 0.15) is 5.60 Å². The zero-order chi connectivity index (χ0) is 12.0. The summed E-state index contributed by atoms with van der Waals surface area (Å²) < 4.78 is 5.30. The summed E-state index contributed by atoms with van der Waals surface area (Å²) in [6.07, 6.45) is 3.26. The van der Waals surface area contributed by atoms with Gasteiger partial charge in [-0.15, -0.1) is 0 Å². The molecule has 16 heavy (non-hydrogen) atoms. The van der Waals surface area contributed by atoms with E-state index in [2.05, 4.69) is 0 Å². The molecule has 4 heteroatoms. The van der Waals surface area contributed by atoms with Crippen LogP contribution in [0.25, 0.3) is 0 Å². The minimum atomic E-state index is -0.404. The Morgan fingerprint density at radius 2 is 1.94 bits per heavy atom. The van der Waals surface area contributed by atoms with Gasteiger partial charge >= 0.3 is 6.09 Å². The van der Waals surface area contributed by atoms with Gasteiger partial charge < -0.3 is 15.4 Å². The van der Waals surface area contributed by atoms with Crippen molar-refractivity contribution >= 4 is 6.09 Å². The second-order valence-electron chi connectivity index (χ2n) is 6.17. The molecular weight excluding hydrogens is 204 g/mol. The highest BCUT2D eigenvalue weighted by Gasteiger charge is 2.48. The summed E-state index contributed by atoms with van der Waals surface area (Å²) in [6, 6.07) is 0. The van der Waals surface area contributed by atoms with Crippen LogP contribution in [0.5, 0.6) is 0 Å². The third-order valence-corrected chi connectivity index (χ3v) is 3.63. The Morgan fingerprint density at radius 3 is 2.31 bits per heavy atom. The molecular formula is C12H22N2O2. The number of ether oxygens (including phenoxy) is 1. The summed E-state index contributed by atoms with van der Waals surface area (Å²) in [5.74, 6) is 0.480. The van der Waals surface area contributed by atoms with E-state index in [1.54, 1.807) is 4.90 Å². The largest absolute Gasteiger partial charge is 0.444 e. The number of carbonyl (C=O) groups excluding carboxylic acids is 1. The number of hydrogen-bond acceptors (Lipinski definition) is 3. The highest BCUT2D eigenvalue weighted by atomic mass is 16.6. The molecule has 2 aliphatic rings. The van der Waals surface area contributed by atoms with Crippen LogP contribution >= 0.6 is 0 Å². The third-order valence-electron chi connectivity index (χ3n) is 3.63. The number of hydrogen-bond donors (Lipinski definition) is 1. The van der Waals surface area contributed by atoms with Gasteiger partial charge in [0.05, 0.1) is 0 Å². The monoisotopic (exact) mass is 226 g/mol. The van der Waals surface area contributed by atoms with E-state index >= 15 is 0 Å². The van der Waals surface area contributed by atoms with Crippen molar-refractivity contribution in [3.05, 3.63) is 0 Å². The van der Waals surface area contributed by atoms with Crippen molar-refractivity contribution in [2.24, 2.45) is 11.7 Å². The number of rotatable bonds is 1. The van der Waals surface area contributed by atoms with E-state index in [0.29, 0.717) is 5.92 Å². The fourth-order valence-electron chi connectivity index (χ4n) is 2.31. The fourth-order valence-corrected chi connectivity index (χ4v) is 2.31. The standard InChI is InChI=1S/C12H22N2O2/c1-11(2,3)16-10(15)14-7-9(8-14)12(13)5-4-6-12/h9H,4-8,13H2,1-3H3. The van der Waals surface area contributed by atoms with Crippen molar-refractivity contribution in [3.63, 3.8) is 0 Å². The van der Waals surface area contributed by atoms with Crippen molar-refractivity contribution in [2.75, 3.05) is 13.1 Å². The average Bonchev–Trinajstić information content (AvgIpc) is 1.94. The van der Waals surface area contributed by atoms with Crippen molar-refractivity contribution in [3.8, 4) is 0 Å². The van der Waals surface area contributed by atoms with Crippen LogP contribution in [0.2, 0.25) is 0 Å². The second-order valence-corrected chi connectivity index (χ2v) is 6.17. The lowest BCUT2D eigenvalue weighted by Gasteiger charge is -2.52. The lowest BCUT2D eigenvalue weighted by molar-refractivity contribution is -0.0272. The third kappa shape index (κ3) is 2.17. The molecule has 1 aliphatic heterocycles. The Bertz CT molecular complexity index is 286. The molecule has 1 aliphatic carbocycles. The maximum Gasteiger partial charge on any atom is 0.410 e. The first kappa shape index (κ1) is 11.7. The molecule has 0 aromatic heterocycles. The molecule has 0 unspecified atom stereocenters. The first-order chi connectivity index (χ1) is 7.30. The fraction of sp³-hybridized carbons (Fsp3) is 0.917. The van der Waals surface area contributed by atoms with Crippen molar-refractivity contribution in [2.45, 2.75) is 51.2 Å². The molecule has 0 spiro atoms. The molecule has 1 amide bonds. The van der Waals surface area contributed by atoms with Crippen LogP contribution in [0.3, 0.4) is 0 Å². The molecule has 0 atom stereocenters. The molecule has 4 nitrogen and oxygen atoms in total.